The van der Waals surface area contributed by atoms with E-state index in [1.165, 1.54) is 16.2 Å². The van der Waals surface area contributed by atoms with Crippen LogP contribution < -0.4 is 5.56 Å². The largest absolute Gasteiger partial charge is 0.465 e. The topological polar surface area (TPSA) is 89.5 Å². The molecule has 0 saturated carbocycles. The Morgan fingerprint density at radius 1 is 1.44 bits per heavy atom. The number of aromatic amines is 1. The third kappa shape index (κ3) is 3.19. The molecule has 0 radical (unpaired) electrons. The maximum Gasteiger partial charge on any atom is 0.408 e. The second kappa shape index (κ2) is 6.56. The number of aromatic nitrogens is 2. The molecule has 2 aromatic heterocycles. The van der Waals surface area contributed by atoms with E-state index in [1.807, 2.05) is 6.07 Å². The number of H-pyrrole nitrogens is 1. The molecule has 1 amide bonds. The van der Waals surface area contributed by atoms with Crippen molar-refractivity contribution >= 4 is 43.6 Å². The Hall–Kier alpha value is -1.45. The number of rotatable bonds is 1. The van der Waals surface area contributed by atoms with Gasteiger partial charge in [-0.2, -0.15) is 0 Å². The summed E-state index contributed by atoms with van der Waals surface area (Å²) in [5, 5.41) is 10.1. The summed E-state index contributed by atoms with van der Waals surface area (Å²) in [6, 6.07) is 1.37. The van der Waals surface area contributed by atoms with Crippen LogP contribution in [0.4, 0.5) is 4.79 Å². The van der Waals surface area contributed by atoms with Crippen LogP contribution >= 0.6 is 27.3 Å². The number of carboxylic acid groups (broad SMARTS) is 1. The molecule has 4 heterocycles. The lowest BCUT2D eigenvalue weighted by atomic mass is 9.78. The van der Waals surface area contributed by atoms with E-state index < -0.39 is 12.1 Å². The molecule has 146 valence electrons. The molecule has 3 atom stereocenters. The van der Waals surface area contributed by atoms with Gasteiger partial charge in [-0.3, -0.25) is 14.6 Å². The van der Waals surface area contributed by atoms with E-state index in [0.29, 0.717) is 22.6 Å². The molecule has 2 N–H and O–H groups in total. The second-order valence-corrected chi connectivity index (χ2v) is 10.9. The van der Waals surface area contributed by atoms with Crippen LogP contribution in [0.1, 0.15) is 45.5 Å². The Bertz CT molecular complexity index is 950. The van der Waals surface area contributed by atoms with Gasteiger partial charge in [-0.1, -0.05) is 20.8 Å². The molecule has 2 fully saturated rings. The zero-order valence-electron chi connectivity index (χ0n) is 15.5. The van der Waals surface area contributed by atoms with Crippen molar-refractivity contribution in [2.75, 3.05) is 13.1 Å². The van der Waals surface area contributed by atoms with Crippen molar-refractivity contribution in [1.29, 1.82) is 0 Å². The first kappa shape index (κ1) is 18.9. The van der Waals surface area contributed by atoms with E-state index >= 15 is 0 Å². The van der Waals surface area contributed by atoms with Crippen molar-refractivity contribution in [3.05, 3.63) is 26.0 Å². The standard InChI is InChI=1S/C18H23BrN4O3S/c1-18(2,3)14-10-5-4-6-22(10)8-11(23(14)17(25)26)15-20-9-7-12(19)27-13(9)16(24)21-15/h7,10-11,14H,4-6,8H2,1-3H3,(H,25,26)(H,20,21,24)/t10-,11?,14?/m1/s1. The minimum absolute atomic E-state index is 0.161. The van der Waals surface area contributed by atoms with Gasteiger partial charge >= 0.3 is 6.09 Å². The highest BCUT2D eigenvalue weighted by Gasteiger charge is 2.51. The third-order valence-corrected chi connectivity index (χ3v) is 7.24. The molecule has 9 heteroatoms. The van der Waals surface area contributed by atoms with Crippen molar-refractivity contribution in [1.82, 2.24) is 19.8 Å². The first-order chi connectivity index (χ1) is 12.7. The number of fused-ring (bicyclic) bond motifs is 2. The average molecular weight is 455 g/mol. The number of hydrogen-bond acceptors (Lipinski definition) is 5. The highest BCUT2D eigenvalue weighted by atomic mass is 79.9. The molecule has 7 nitrogen and oxygen atoms in total. The molecular formula is C18H23BrN4O3S. The quantitative estimate of drug-likeness (QED) is 0.685. The van der Waals surface area contributed by atoms with Crippen molar-refractivity contribution in [3.8, 4) is 0 Å². The molecular weight excluding hydrogens is 432 g/mol. The van der Waals surface area contributed by atoms with Gasteiger partial charge in [-0.05, 0) is 46.8 Å². The van der Waals surface area contributed by atoms with Crippen molar-refractivity contribution < 1.29 is 9.90 Å². The summed E-state index contributed by atoms with van der Waals surface area (Å²) in [5.74, 6) is 0.430. The van der Waals surface area contributed by atoms with Crippen LogP contribution in [0.2, 0.25) is 0 Å². The normalized spacial score (nSPS) is 26.5. The van der Waals surface area contributed by atoms with Gasteiger partial charge in [0, 0.05) is 12.6 Å². The van der Waals surface area contributed by atoms with E-state index in [4.69, 9.17) is 0 Å². The molecule has 0 bridgehead atoms. The fourth-order valence-electron chi connectivity index (χ4n) is 4.68. The zero-order chi connectivity index (χ0) is 19.5. The smallest absolute Gasteiger partial charge is 0.408 e. The highest BCUT2D eigenvalue weighted by molar-refractivity contribution is 9.11. The minimum atomic E-state index is -0.958. The zero-order valence-corrected chi connectivity index (χ0v) is 17.9. The molecule has 0 spiro atoms. The van der Waals surface area contributed by atoms with Crippen LogP contribution in [0, 0.1) is 5.41 Å². The summed E-state index contributed by atoms with van der Waals surface area (Å²) in [7, 11) is 0. The lowest BCUT2D eigenvalue weighted by molar-refractivity contribution is -0.0403. The van der Waals surface area contributed by atoms with E-state index in [9.17, 15) is 14.7 Å². The number of amides is 1. The fraction of sp³-hybridized carbons (Fsp3) is 0.611. The van der Waals surface area contributed by atoms with Crippen molar-refractivity contribution in [2.45, 2.75) is 51.7 Å². The second-order valence-electron chi connectivity index (χ2n) is 8.44. The van der Waals surface area contributed by atoms with Crippen LogP contribution in [0.25, 0.3) is 10.2 Å². The SMILES string of the molecule is CC(C)(C)C1[C@H]2CCCN2CC(c2nc3cc(Br)sc3c(=O)[nH]2)N1C(=O)O. The summed E-state index contributed by atoms with van der Waals surface area (Å²) < 4.78 is 1.38. The van der Waals surface area contributed by atoms with Gasteiger partial charge in [0.15, 0.2) is 0 Å². The summed E-state index contributed by atoms with van der Waals surface area (Å²) >= 11 is 4.73. The maximum absolute atomic E-state index is 12.6. The van der Waals surface area contributed by atoms with E-state index in [2.05, 4.69) is 51.6 Å². The summed E-state index contributed by atoms with van der Waals surface area (Å²) in [5.41, 5.74) is 0.166. The Balaban J connectivity index is 1.85. The van der Waals surface area contributed by atoms with Crippen LogP contribution in [-0.2, 0) is 0 Å². The lowest BCUT2D eigenvalue weighted by Crippen LogP contribution is -2.64. The van der Waals surface area contributed by atoms with Gasteiger partial charge in [0.2, 0.25) is 0 Å². The average Bonchev–Trinajstić information content (AvgIpc) is 3.17. The monoisotopic (exact) mass is 454 g/mol. The summed E-state index contributed by atoms with van der Waals surface area (Å²) in [6.45, 7) is 7.77. The third-order valence-electron chi connectivity index (χ3n) is 5.62. The fourth-order valence-corrected chi connectivity index (χ4v) is 6.10. The predicted octanol–water partition coefficient (Wildman–Crippen LogP) is 3.66. The van der Waals surface area contributed by atoms with Gasteiger partial charge in [-0.25, -0.2) is 9.78 Å². The van der Waals surface area contributed by atoms with Gasteiger partial charge in [-0.15, -0.1) is 11.3 Å². The molecule has 27 heavy (non-hydrogen) atoms. The number of hydrogen-bond donors (Lipinski definition) is 2. The predicted molar refractivity (Wildman–Crippen MR) is 108 cm³/mol. The lowest BCUT2D eigenvalue weighted by Gasteiger charge is -2.52. The number of piperazine rings is 1. The number of nitrogens with zero attached hydrogens (tertiary/aromatic N) is 3. The van der Waals surface area contributed by atoms with Gasteiger partial charge in [0.1, 0.15) is 16.6 Å². The maximum atomic E-state index is 12.6. The minimum Gasteiger partial charge on any atom is -0.465 e. The van der Waals surface area contributed by atoms with E-state index in [1.54, 1.807) is 0 Å². The van der Waals surface area contributed by atoms with Crippen LogP contribution in [-0.4, -0.2) is 56.1 Å². The molecule has 2 saturated heterocycles. The molecule has 2 aliphatic heterocycles. The summed E-state index contributed by atoms with van der Waals surface area (Å²) in [4.78, 5) is 36.3. The molecule has 2 unspecified atom stereocenters. The van der Waals surface area contributed by atoms with Crippen LogP contribution in [0.5, 0.6) is 0 Å². The number of thiophene rings is 1. The van der Waals surface area contributed by atoms with Crippen molar-refractivity contribution in [3.63, 3.8) is 0 Å². The van der Waals surface area contributed by atoms with E-state index in [-0.39, 0.29) is 23.1 Å². The van der Waals surface area contributed by atoms with Gasteiger partial charge < -0.3 is 10.1 Å². The van der Waals surface area contributed by atoms with E-state index in [0.717, 1.165) is 23.2 Å². The number of halogens is 1. The summed E-state index contributed by atoms with van der Waals surface area (Å²) in [6.07, 6.45) is 1.11. The van der Waals surface area contributed by atoms with Crippen molar-refractivity contribution in [2.24, 2.45) is 5.41 Å². The first-order valence-electron chi connectivity index (χ1n) is 9.11. The molecule has 4 rings (SSSR count). The number of nitrogens with one attached hydrogen (secondary N) is 1. The molecule has 2 aliphatic rings. The Kier molecular flexibility index (Phi) is 4.59. The van der Waals surface area contributed by atoms with Crippen LogP contribution in [0.3, 0.4) is 0 Å². The van der Waals surface area contributed by atoms with Gasteiger partial charge in [0.25, 0.3) is 5.56 Å². The molecule has 2 aromatic rings. The first-order valence-corrected chi connectivity index (χ1v) is 10.7. The Morgan fingerprint density at radius 2 is 2.19 bits per heavy atom. The van der Waals surface area contributed by atoms with Crippen LogP contribution in [0.15, 0.2) is 14.6 Å². The Labute approximate surface area is 169 Å². The molecule has 0 aliphatic carbocycles. The number of carbonyl (C=O) groups is 1. The Morgan fingerprint density at radius 3 is 2.85 bits per heavy atom. The van der Waals surface area contributed by atoms with Gasteiger partial charge in [0.05, 0.1) is 15.3 Å². The molecule has 0 aromatic carbocycles. The highest BCUT2D eigenvalue weighted by Crippen LogP contribution is 2.42.